The molecule has 2 aromatic heterocycles. The molecule has 0 bridgehead atoms. The first-order chi connectivity index (χ1) is 13.1. The third kappa shape index (κ3) is 3.73. The molecule has 0 aliphatic carbocycles. The van der Waals surface area contributed by atoms with Crippen LogP contribution in [0.4, 0.5) is 0 Å². The maximum atomic E-state index is 12.5. The van der Waals surface area contributed by atoms with Gasteiger partial charge in [-0.15, -0.1) is 0 Å². The van der Waals surface area contributed by atoms with E-state index in [9.17, 15) is 4.79 Å². The average Bonchev–Trinajstić information content (AvgIpc) is 3.26. The minimum atomic E-state index is -0.0990. The molecular formula is C20H26N6O. The Labute approximate surface area is 159 Å². The van der Waals surface area contributed by atoms with Crippen LogP contribution in [0.15, 0.2) is 30.6 Å². The predicted octanol–water partition coefficient (Wildman–Crippen LogP) is 2.32. The molecule has 0 saturated carbocycles. The van der Waals surface area contributed by atoms with E-state index < -0.39 is 0 Å². The second kappa shape index (κ2) is 7.52. The van der Waals surface area contributed by atoms with Crippen LogP contribution in [0.1, 0.15) is 41.5 Å². The number of rotatable bonds is 6. The lowest BCUT2D eigenvalue weighted by Gasteiger charge is -2.27. The van der Waals surface area contributed by atoms with Crippen LogP contribution < -0.4 is 5.32 Å². The van der Waals surface area contributed by atoms with Crippen LogP contribution in [0.5, 0.6) is 0 Å². The zero-order valence-electron chi connectivity index (χ0n) is 16.0. The molecule has 1 aliphatic rings. The molecule has 142 valence electrons. The Morgan fingerprint density at radius 3 is 3.00 bits per heavy atom. The summed E-state index contributed by atoms with van der Waals surface area (Å²) in [5.41, 5.74) is 4.61. The van der Waals surface area contributed by atoms with E-state index in [4.69, 9.17) is 0 Å². The summed E-state index contributed by atoms with van der Waals surface area (Å²) >= 11 is 0. The van der Waals surface area contributed by atoms with Crippen LogP contribution >= 0.6 is 0 Å². The van der Waals surface area contributed by atoms with E-state index >= 15 is 0 Å². The molecule has 3 heterocycles. The van der Waals surface area contributed by atoms with Crippen molar-refractivity contribution in [3.8, 4) is 0 Å². The zero-order chi connectivity index (χ0) is 18.8. The second-order valence-electron chi connectivity index (χ2n) is 7.22. The smallest absolute Gasteiger partial charge is 0.251 e. The number of hydrogen-bond donors (Lipinski definition) is 1. The number of aryl methyl sites for hydroxylation is 1. The number of amides is 1. The number of nitrogens with one attached hydrogen (secondary N) is 1. The highest BCUT2D eigenvalue weighted by molar-refractivity contribution is 5.97. The van der Waals surface area contributed by atoms with Crippen molar-refractivity contribution in [3.63, 3.8) is 0 Å². The second-order valence-corrected chi connectivity index (χ2v) is 7.22. The van der Waals surface area contributed by atoms with Gasteiger partial charge in [0.15, 0.2) is 0 Å². The van der Waals surface area contributed by atoms with Gasteiger partial charge in [0.2, 0.25) is 0 Å². The molecule has 0 spiro atoms. The van der Waals surface area contributed by atoms with Crippen molar-refractivity contribution in [3.05, 3.63) is 47.5 Å². The molecule has 1 aliphatic heterocycles. The van der Waals surface area contributed by atoms with Crippen LogP contribution in [0.3, 0.4) is 0 Å². The first-order valence-electron chi connectivity index (χ1n) is 9.61. The summed E-state index contributed by atoms with van der Waals surface area (Å²) in [7, 11) is 1.94. The molecule has 4 rings (SSSR count). The third-order valence-corrected chi connectivity index (χ3v) is 5.17. The SMILES string of the molecule is CCCCN1CCn2nc(CNC(=O)c3ccc4c(c3)ncn4C)cc2C1. The minimum absolute atomic E-state index is 0.0990. The summed E-state index contributed by atoms with van der Waals surface area (Å²) in [5.74, 6) is -0.0990. The molecule has 1 aromatic carbocycles. The van der Waals surface area contributed by atoms with Gasteiger partial charge in [-0.25, -0.2) is 4.98 Å². The molecule has 27 heavy (non-hydrogen) atoms. The largest absolute Gasteiger partial charge is 0.346 e. The Hall–Kier alpha value is -2.67. The summed E-state index contributed by atoms with van der Waals surface area (Å²) in [6.07, 6.45) is 4.21. The van der Waals surface area contributed by atoms with E-state index in [1.807, 2.05) is 29.8 Å². The molecule has 3 aromatic rings. The number of unbranched alkanes of at least 4 members (excludes halogenated alkanes) is 1. The molecule has 7 heteroatoms. The number of aromatic nitrogens is 4. The summed E-state index contributed by atoms with van der Waals surface area (Å²) in [6.45, 7) is 6.71. The van der Waals surface area contributed by atoms with Gasteiger partial charge in [-0.2, -0.15) is 5.10 Å². The summed E-state index contributed by atoms with van der Waals surface area (Å²) in [6, 6.07) is 7.70. The van der Waals surface area contributed by atoms with Crippen molar-refractivity contribution in [1.29, 1.82) is 0 Å². The first-order valence-corrected chi connectivity index (χ1v) is 9.61. The van der Waals surface area contributed by atoms with Gasteiger partial charge in [0, 0.05) is 25.7 Å². The Morgan fingerprint density at radius 1 is 1.26 bits per heavy atom. The van der Waals surface area contributed by atoms with E-state index in [0.717, 1.165) is 42.9 Å². The van der Waals surface area contributed by atoms with E-state index in [-0.39, 0.29) is 5.91 Å². The first kappa shape index (κ1) is 17.7. The van der Waals surface area contributed by atoms with Crippen LogP contribution in [0.2, 0.25) is 0 Å². The predicted molar refractivity (Wildman–Crippen MR) is 104 cm³/mol. The third-order valence-electron chi connectivity index (χ3n) is 5.17. The molecule has 7 nitrogen and oxygen atoms in total. The monoisotopic (exact) mass is 366 g/mol. The van der Waals surface area contributed by atoms with E-state index in [1.54, 1.807) is 6.33 Å². The van der Waals surface area contributed by atoms with Gasteiger partial charge in [0.1, 0.15) is 0 Å². The fourth-order valence-corrected chi connectivity index (χ4v) is 3.59. The molecule has 0 atom stereocenters. The Balaban J connectivity index is 1.38. The van der Waals surface area contributed by atoms with Crippen molar-refractivity contribution in [2.24, 2.45) is 7.05 Å². The summed E-state index contributed by atoms with van der Waals surface area (Å²) in [5, 5.41) is 7.62. The zero-order valence-corrected chi connectivity index (χ0v) is 16.0. The number of carbonyl (C=O) groups is 1. The lowest BCUT2D eigenvalue weighted by atomic mass is 10.2. The van der Waals surface area contributed by atoms with Crippen molar-refractivity contribution in [2.45, 2.75) is 39.4 Å². The lowest BCUT2D eigenvalue weighted by molar-refractivity contribution is 0.0950. The van der Waals surface area contributed by atoms with Gasteiger partial charge < -0.3 is 9.88 Å². The molecule has 0 fully saturated rings. The van der Waals surface area contributed by atoms with Crippen molar-refractivity contribution >= 4 is 16.9 Å². The molecule has 0 saturated heterocycles. The Bertz CT molecular complexity index is 957. The van der Waals surface area contributed by atoms with Gasteiger partial charge >= 0.3 is 0 Å². The molecule has 0 radical (unpaired) electrons. The number of fused-ring (bicyclic) bond motifs is 2. The Kier molecular flexibility index (Phi) is 4.94. The van der Waals surface area contributed by atoms with Crippen molar-refractivity contribution < 1.29 is 4.79 Å². The number of carbonyl (C=O) groups excluding carboxylic acids is 1. The van der Waals surface area contributed by atoms with Crippen LogP contribution in [0.25, 0.3) is 11.0 Å². The lowest BCUT2D eigenvalue weighted by Crippen LogP contribution is -2.34. The molecule has 1 N–H and O–H groups in total. The average molecular weight is 366 g/mol. The number of benzene rings is 1. The molecular weight excluding hydrogens is 340 g/mol. The van der Waals surface area contributed by atoms with Crippen LogP contribution in [-0.2, 0) is 26.7 Å². The summed E-state index contributed by atoms with van der Waals surface area (Å²) < 4.78 is 4.01. The quantitative estimate of drug-likeness (QED) is 0.727. The van der Waals surface area contributed by atoms with Crippen molar-refractivity contribution in [2.75, 3.05) is 13.1 Å². The topological polar surface area (TPSA) is 68.0 Å². The van der Waals surface area contributed by atoms with Gasteiger partial charge in [-0.1, -0.05) is 13.3 Å². The maximum Gasteiger partial charge on any atom is 0.251 e. The maximum absolute atomic E-state index is 12.5. The number of nitrogens with zero attached hydrogens (tertiary/aromatic N) is 5. The van der Waals surface area contributed by atoms with E-state index in [1.165, 1.54) is 18.5 Å². The normalized spacial score (nSPS) is 14.4. The Morgan fingerprint density at radius 2 is 2.15 bits per heavy atom. The molecule has 0 unspecified atom stereocenters. The fraction of sp³-hybridized carbons (Fsp3) is 0.450. The highest BCUT2D eigenvalue weighted by Gasteiger charge is 2.18. The highest BCUT2D eigenvalue weighted by atomic mass is 16.1. The molecule has 1 amide bonds. The standard InChI is InChI=1S/C20H26N6O/c1-3-4-7-25-8-9-26-17(13-25)11-16(23-26)12-21-20(27)15-5-6-19-18(10-15)22-14-24(19)2/h5-6,10-11,14H,3-4,7-9,12-13H2,1-2H3,(H,21,27). The van der Waals surface area contributed by atoms with E-state index in [0.29, 0.717) is 12.1 Å². The summed E-state index contributed by atoms with van der Waals surface area (Å²) in [4.78, 5) is 19.3. The van der Waals surface area contributed by atoms with Gasteiger partial charge in [-0.05, 0) is 37.2 Å². The van der Waals surface area contributed by atoms with E-state index in [2.05, 4.69) is 38.0 Å². The fourth-order valence-electron chi connectivity index (χ4n) is 3.59. The number of hydrogen-bond acceptors (Lipinski definition) is 4. The highest BCUT2D eigenvalue weighted by Crippen LogP contribution is 2.16. The number of imidazole rings is 1. The van der Waals surface area contributed by atoms with Gasteiger partial charge in [0.05, 0.1) is 41.8 Å². The van der Waals surface area contributed by atoms with Gasteiger partial charge in [-0.3, -0.25) is 14.4 Å². The van der Waals surface area contributed by atoms with Crippen molar-refractivity contribution in [1.82, 2.24) is 29.5 Å². The minimum Gasteiger partial charge on any atom is -0.346 e. The van der Waals surface area contributed by atoms with Crippen LogP contribution in [0, 0.1) is 0 Å². The van der Waals surface area contributed by atoms with Crippen LogP contribution in [-0.4, -0.2) is 43.2 Å². The van der Waals surface area contributed by atoms with Gasteiger partial charge in [0.25, 0.3) is 5.91 Å².